The molecule has 2 N–H and O–H groups in total. The van der Waals surface area contributed by atoms with Crippen LogP contribution >= 0.6 is 11.8 Å². The van der Waals surface area contributed by atoms with Gasteiger partial charge in [-0.3, -0.25) is 4.79 Å². The predicted molar refractivity (Wildman–Crippen MR) is 79.0 cm³/mol. The van der Waals surface area contributed by atoms with Gasteiger partial charge in [-0.15, -0.1) is 0 Å². The highest BCUT2D eigenvalue weighted by molar-refractivity contribution is 7.98. The third-order valence-corrected chi connectivity index (χ3v) is 3.43. The molecule has 0 saturated heterocycles. The van der Waals surface area contributed by atoms with Crippen molar-refractivity contribution in [3.05, 3.63) is 42.1 Å². The van der Waals surface area contributed by atoms with Crippen molar-refractivity contribution < 1.29 is 14.7 Å². The zero-order valence-corrected chi connectivity index (χ0v) is 11.7. The van der Waals surface area contributed by atoms with Crippen molar-refractivity contribution in [3.8, 4) is 0 Å². The number of pyridine rings is 1. The maximum atomic E-state index is 12.0. The van der Waals surface area contributed by atoms with Crippen molar-refractivity contribution in [2.45, 2.75) is 6.04 Å². The van der Waals surface area contributed by atoms with Crippen LogP contribution in [0.1, 0.15) is 10.5 Å². The van der Waals surface area contributed by atoms with Crippen LogP contribution in [-0.4, -0.2) is 40.0 Å². The van der Waals surface area contributed by atoms with E-state index < -0.39 is 17.9 Å². The van der Waals surface area contributed by atoms with E-state index in [1.807, 2.05) is 24.3 Å². The smallest absolute Gasteiger partial charge is 0.327 e. The summed E-state index contributed by atoms with van der Waals surface area (Å²) >= 11 is 1.36. The van der Waals surface area contributed by atoms with E-state index in [9.17, 15) is 9.59 Å². The molecular formula is C14H14N2O3S. The van der Waals surface area contributed by atoms with Crippen LogP contribution in [-0.2, 0) is 4.79 Å². The van der Waals surface area contributed by atoms with Gasteiger partial charge < -0.3 is 10.4 Å². The van der Waals surface area contributed by atoms with E-state index in [4.69, 9.17) is 5.11 Å². The lowest BCUT2D eigenvalue weighted by Gasteiger charge is -2.12. The van der Waals surface area contributed by atoms with Crippen LogP contribution in [0.4, 0.5) is 0 Å². The molecule has 2 aromatic rings. The lowest BCUT2D eigenvalue weighted by atomic mass is 10.2. The first-order chi connectivity index (χ1) is 9.61. The molecule has 20 heavy (non-hydrogen) atoms. The minimum absolute atomic E-state index is 0.219. The Hall–Kier alpha value is -2.08. The molecule has 1 unspecified atom stereocenters. The highest BCUT2D eigenvalue weighted by atomic mass is 32.2. The van der Waals surface area contributed by atoms with E-state index >= 15 is 0 Å². The van der Waals surface area contributed by atoms with Gasteiger partial charge in [0.1, 0.15) is 11.7 Å². The summed E-state index contributed by atoms with van der Waals surface area (Å²) in [6.07, 6.45) is 1.79. The van der Waals surface area contributed by atoms with Crippen molar-refractivity contribution >= 4 is 34.5 Å². The van der Waals surface area contributed by atoms with E-state index in [1.54, 1.807) is 18.4 Å². The van der Waals surface area contributed by atoms with Crippen LogP contribution < -0.4 is 5.32 Å². The first-order valence-corrected chi connectivity index (χ1v) is 7.39. The number of hydrogen-bond donors (Lipinski definition) is 2. The number of para-hydroxylation sites is 1. The second-order valence-corrected chi connectivity index (χ2v) is 5.12. The van der Waals surface area contributed by atoms with Gasteiger partial charge in [0.25, 0.3) is 5.91 Å². The third kappa shape index (κ3) is 3.27. The first kappa shape index (κ1) is 14.3. The normalized spacial score (nSPS) is 12.1. The van der Waals surface area contributed by atoms with Gasteiger partial charge in [-0.2, -0.15) is 11.8 Å². The molecule has 1 amide bonds. The zero-order valence-electron chi connectivity index (χ0n) is 10.9. The Morgan fingerprint density at radius 3 is 2.75 bits per heavy atom. The van der Waals surface area contributed by atoms with Crippen molar-refractivity contribution in [1.82, 2.24) is 10.3 Å². The summed E-state index contributed by atoms with van der Waals surface area (Å²) < 4.78 is 0. The Labute approximate surface area is 120 Å². The fourth-order valence-corrected chi connectivity index (χ4v) is 2.33. The number of benzene rings is 1. The van der Waals surface area contributed by atoms with Crippen LogP contribution in [0.3, 0.4) is 0 Å². The summed E-state index contributed by atoms with van der Waals surface area (Å²) in [5.41, 5.74) is 0.924. The lowest BCUT2D eigenvalue weighted by molar-refractivity contribution is -0.138. The largest absolute Gasteiger partial charge is 0.480 e. The second-order valence-electron chi connectivity index (χ2n) is 4.21. The Balaban J connectivity index is 2.20. The summed E-state index contributed by atoms with van der Waals surface area (Å²) in [6.45, 7) is 0. The fourth-order valence-electron chi connectivity index (χ4n) is 1.77. The number of amides is 1. The Kier molecular flexibility index (Phi) is 4.57. The quantitative estimate of drug-likeness (QED) is 0.877. The number of carboxylic acids is 1. The molecule has 104 valence electrons. The van der Waals surface area contributed by atoms with Crippen LogP contribution in [0.5, 0.6) is 0 Å². The van der Waals surface area contributed by atoms with Gasteiger partial charge in [-0.05, 0) is 18.4 Å². The monoisotopic (exact) mass is 290 g/mol. The number of carboxylic acid groups (broad SMARTS) is 1. The molecule has 5 nitrogen and oxygen atoms in total. The lowest BCUT2D eigenvalue weighted by Crippen LogP contribution is -2.42. The number of carbonyl (C=O) groups is 2. The number of aliphatic carboxylic acids is 1. The van der Waals surface area contributed by atoms with Gasteiger partial charge in [0.05, 0.1) is 5.52 Å². The summed E-state index contributed by atoms with van der Waals surface area (Å²) in [4.78, 5) is 27.3. The fraction of sp³-hybridized carbons (Fsp3) is 0.214. The number of thioether (sulfide) groups is 1. The van der Waals surface area contributed by atoms with Gasteiger partial charge in [0, 0.05) is 11.1 Å². The Morgan fingerprint density at radius 2 is 2.05 bits per heavy atom. The first-order valence-electron chi connectivity index (χ1n) is 6.00. The van der Waals surface area contributed by atoms with Crippen LogP contribution in [0.2, 0.25) is 0 Å². The van der Waals surface area contributed by atoms with Crippen molar-refractivity contribution in [1.29, 1.82) is 0 Å². The molecular weight excluding hydrogens is 276 g/mol. The molecule has 0 spiro atoms. The van der Waals surface area contributed by atoms with Gasteiger partial charge in [-0.25, -0.2) is 9.78 Å². The highest BCUT2D eigenvalue weighted by Crippen LogP contribution is 2.12. The molecule has 1 aromatic heterocycles. The Morgan fingerprint density at radius 1 is 1.30 bits per heavy atom. The average Bonchev–Trinajstić information content (AvgIpc) is 2.46. The van der Waals surface area contributed by atoms with Crippen molar-refractivity contribution in [3.63, 3.8) is 0 Å². The number of hydrogen-bond acceptors (Lipinski definition) is 4. The summed E-state index contributed by atoms with van der Waals surface area (Å²) in [5.74, 6) is -1.21. The summed E-state index contributed by atoms with van der Waals surface area (Å²) in [6, 6.07) is 9.91. The van der Waals surface area contributed by atoms with E-state index in [1.165, 1.54) is 11.8 Å². The molecule has 0 aliphatic rings. The van der Waals surface area contributed by atoms with Gasteiger partial charge in [0.2, 0.25) is 0 Å². The minimum Gasteiger partial charge on any atom is -0.480 e. The topological polar surface area (TPSA) is 79.3 Å². The number of nitrogens with one attached hydrogen (secondary N) is 1. The van der Waals surface area contributed by atoms with Gasteiger partial charge in [-0.1, -0.05) is 24.3 Å². The van der Waals surface area contributed by atoms with Crippen molar-refractivity contribution in [2.24, 2.45) is 0 Å². The Bertz CT molecular complexity index is 645. The molecule has 1 atom stereocenters. The van der Waals surface area contributed by atoms with Crippen LogP contribution in [0.15, 0.2) is 36.4 Å². The van der Waals surface area contributed by atoms with E-state index in [0.717, 1.165) is 5.39 Å². The minimum atomic E-state index is -1.05. The predicted octanol–water partition coefficient (Wildman–Crippen LogP) is 1.78. The summed E-state index contributed by atoms with van der Waals surface area (Å²) in [5, 5.41) is 12.4. The molecule has 1 aromatic carbocycles. The average molecular weight is 290 g/mol. The number of nitrogens with zero attached hydrogens (tertiary/aromatic N) is 1. The number of carbonyl (C=O) groups excluding carboxylic acids is 1. The number of rotatable bonds is 5. The van der Waals surface area contributed by atoms with E-state index in [0.29, 0.717) is 11.3 Å². The van der Waals surface area contributed by atoms with Crippen LogP contribution in [0.25, 0.3) is 10.9 Å². The standard InChI is InChI=1S/C14H14N2O3S/c1-20-8-12(14(18)19)16-13(17)11-7-6-9-4-2-3-5-10(9)15-11/h2-7,12H,8H2,1H3,(H,16,17)(H,18,19). The number of fused-ring (bicyclic) bond motifs is 1. The molecule has 1 heterocycles. The molecule has 0 bridgehead atoms. The van der Waals surface area contributed by atoms with Gasteiger partial charge >= 0.3 is 5.97 Å². The molecule has 0 saturated carbocycles. The zero-order chi connectivity index (χ0) is 14.5. The van der Waals surface area contributed by atoms with Gasteiger partial charge in [0.15, 0.2) is 0 Å². The van der Waals surface area contributed by atoms with E-state index in [-0.39, 0.29) is 5.69 Å². The molecule has 0 aliphatic heterocycles. The molecule has 0 aliphatic carbocycles. The third-order valence-electron chi connectivity index (χ3n) is 2.77. The summed E-state index contributed by atoms with van der Waals surface area (Å²) in [7, 11) is 0. The van der Waals surface area contributed by atoms with Crippen molar-refractivity contribution in [2.75, 3.05) is 12.0 Å². The SMILES string of the molecule is CSCC(NC(=O)c1ccc2ccccc2n1)C(=O)O. The number of aromatic nitrogens is 1. The van der Waals surface area contributed by atoms with E-state index in [2.05, 4.69) is 10.3 Å². The molecule has 2 rings (SSSR count). The molecule has 6 heteroatoms. The highest BCUT2D eigenvalue weighted by Gasteiger charge is 2.20. The molecule has 0 fully saturated rings. The molecule has 0 radical (unpaired) electrons. The van der Waals surface area contributed by atoms with Crippen LogP contribution in [0, 0.1) is 0 Å². The maximum Gasteiger partial charge on any atom is 0.327 e. The maximum absolute atomic E-state index is 12.0. The second kappa shape index (κ2) is 6.38.